The van der Waals surface area contributed by atoms with Crippen LogP contribution in [0, 0.1) is 5.82 Å². The van der Waals surface area contributed by atoms with Crippen molar-refractivity contribution in [2.45, 2.75) is 19.9 Å². The topological polar surface area (TPSA) is 64.7 Å². The van der Waals surface area contributed by atoms with Crippen LogP contribution >= 0.6 is 0 Å². The molecule has 0 atom stereocenters. The average Bonchev–Trinajstić information content (AvgIpc) is 2.74. The Morgan fingerprint density at radius 3 is 2.31 bits per heavy atom. The number of nitrogens with zero attached hydrogens (tertiary/aromatic N) is 2. The fourth-order valence-electron chi connectivity index (χ4n) is 3.38. The lowest BCUT2D eigenvalue weighted by atomic mass is 10.1. The number of urea groups is 1. The minimum atomic E-state index is -0.326. The first kappa shape index (κ1) is 20.8. The average molecular weight is 398 g/mol. The predicted octanol–water partition coefficient (Wildman–Crippen LogP) is 2.85. The van der Waals surface area contributed by atoms with Crippen molar-refractivity contribution in [3.8, 4) is 0 Å². The van der Waals surface area contributed by atoms with Gasteiger partial charge in [0.1, 0.15) is 5.82 Å². The van der Waals surface area contributed by atoms with E-state index >= 15 is 0 Å². The maximum absolute atomic E-state index is 13.6. The molecule has 154 valence electrons. The van der Waals surface area contributed by atoms with Gasteiger partial charge >= 0.3 is 6.03 Å². The zero-order chi connectivity index (χ0) is 20.6. The van der Waals surface area contributed by atoms with Crippen LogP contribution in [0.5, 0.6) is 0 Å². The van der Waals surface area contributed by atoms with E-state index in [0.29, 0.717) is 38.3 Å². The minimum absolute atomic E-state index is 0.0524. The highest BCUT2D eigenvalue weighted by Crippen LogP contribution is 2.15. The lowest BCUT2D eigenvalue weighted by Crippen LogP contribution is -2.52. The lowest BCUT2D eigenvalue weighted by Gasteiger charge is -2.34. The van der Waals surface area contributed by atoms with Gasteiger partial charge in [0, 0.05) is 44.0 Å². The first-order chi connectivity index (χ1) is 14.1. The van der Waals surface area contributed by atoms with Crippen LogP contribution in [0.3, 0.4) is 0 Å². The molecule has 3 amide bonds. The highest BCUT2D eigenvalue weighted by Gasteiger charge is 2.22. The van der Waals surface area contributed by atoms with Gasteiger partial charge in [-0.05, 0) is 24.1 Å². The summed E-state index contributed by atoms with van der Waals surface area (Å²) in [5.74, 6) is -0.378. The zero-order valence-corrected chi connectivity index (χ0v) is 16.7. The number of piperazine rings is 1. The molecule has 0 saturated carbocycles. The van der Waals surface area contributed by atoms with E-state index in [-0.39, 0.29) is 24.3 Å². The Kier molecular flexibility index (Phi) is 7.19. The highest BCUT2D eigenvalue weighted by atomic mass is 19.1. The van der Waals surface area contributed by atoms with Crippen LogP contribution in [0.15, 0.2) is 48.5 Å². The Bertz CT molecular complexity index is 850. The van der Waals surface area contributed by atoms with Crippen molar-refractivity contribution in [2.75, 3.05) is 38.0 Å². The van der Waals surface area contributed by atoms with Gasteiger partial charge in [-0.25, -0.2) is 9.18 Å². The van der Waals surface area contributed by atoms with Crippen LogP contribution in [0.1, 0.15) is 18.1 Å². The Hall–Kier alpha value is -2.93. The van der Waals surface area contributed by atoms with Crippen molar-refractivity contribution in [1.82, 2.24) is 15.1 Å². The van der Waals surface area contributed by atoms with Crippen LogP contribution in [0.25, 0.3) is 0 Å². The van der Waals surface area contributed by atoms with Gasteiger partial charge in [-0.2, -0.15) is 0 Å². The van der Waals surface area contributed by atoms with E-state index in [1.165, 1.54) is 6.07 Å². The molecular formula is C22H27FN4O2. The van der Waals surface area contributed by atoms with E-state index in [0.717, 1.165) is 17.7 Å². The number of anilines is 1. The molecule has 29 heavy (non-hydrogen) atoms. The summed E-state index contributed by atoms with van der Waals surface area (Å²) in [6, 6.07) is 14.0. The molecule has 0 aromatic heterocycles. The monoisotopic (exact) mass is 398 g/mol. The number of amides is 3. The number of hydrogen-bond acceptors (Lipinski definition) is 3. The molecule has 2 N–H and O–H groups in total. The third-order valence-corrected chi connectivity index (χ3v) is 5.09. The van der Waals surface area contributed by atoms with E-state index < -0.39 is 0 Å². The smallest absolute Gasteiger partial charge is 0.317 e. The van der Waals surface area contributed by atoms with Gasteiger partial charge in [-0.15, -0.1) is 0 Å². The fourth-order valence-corrected chi connectivity index (χ4v) is 3.38. The molecule has 1 fully saturated rings. The normalized spacial score (nSPS) is 14.5. The molecule has 1 saturated heterocycles. The summed E-state index contributed by atoms with van der Waals surface area (Å²) in [5, 5.41) is 5.74. The second kappa shape index (κ2) is 10.0. The Labute approximate surface area is 170 Å². The predicted molar refractivity (Wildman–Crippen MR) is 111 cm³/mol. The van der Waals surface area contributed by atoms with E-state index in [9.17, 15) is 14.0 Å². The van der Waals surface area contributed by atoms with Gasteiger partial charge < -0.3 is 15.5 Å². The largest absolute Gasteiger partial charge is 0.334 e. The van der Waals surface area contributed by atoms with Crippen molar-refractivity contribution >= 4 is 17.6 Å². The molecule has 0 unspecified atom stereocenters. The highest BCUT2D eigenvalue weighted by molar-refractivity contribution is 5.93. The van der Waals surface area contributed by atoms with Gasteiger partial charge in [0.25, 0.3) is 0 Å². The molecule has 6 nitrogen and oxygen atoms in total. The Morgan fingerprint density at radius 2 is 1.62 bits per heavy atom. The van der Waals surface area contributed by atoms with Gasteiger partial charge in [-0.1, -0.05) is 43.3 Å². The zero-order valence-electron chi connectivity index (χ0n) is 16.7. The number of aryl methyl sites for hydroxylation is 1. The van der Waals surface area contributed by atoms with Crippen LogP contribution < -0.4 is 10.6 Å². The molecule has 0 radical (unpaired) electrons. The summed E-state index contributed by atoms with van der Waals surface area (Å²) in [4.78, 5) is 28.4. The van der Waals surface area contributed by atoms with E-state index in [2.05, 4.69) is 17.6 Å². The second-order valence-corrected chi connectivity index (χ2v) is 7.07. The molecule has 0 bridgehead atoms. The molecule has 7 heteroatoms. The maximum atomic E-state index is 13.6. The van der Waals surface area contributed by atoms with Gasteiger partial charge in [0.15, 0.2) is 0 Å². The van der Waals surface area contributed by atoms with E-state index in [4.69, 9.17) is 0 Å². The number of carbonyl (C=O) groups is 2. The standard InChI is InChI=1S/C22H27FN4O2/c1-2-17-7-4-6-10-20(17)25-21(28)16-26-11-13-27(14-12-26)22(29)24-15-18-8-3-5-9-19(18)23/h3-10H,2,11-16H2,1H3,(H,24,29)(H,25,28). The third-order valence-electron chi connectivity index (χ3n) is 5.09. The molecule has 2 aromatic rings. The molecule has 2 aromatic carbocycles. The van der Waals surface area contributed by atoms with Gasteiger partial charge in [-0.3, -0.25) is 9.69 Å². The number of nitrogens with one attached hydrogen (secondary N) is 2. The van der Waals surface area contributed by atoms with E-state index in [1.807, 2.05) is 29.2 Å². The molecule has 1 heterocycles. The number of hydrogen-bond donors (Lipinski definition) is 2. The molecule has 1 aliphatic heterocycles. The van der Waals surface area contributed by atoms with Crippen LogP contribution in [0.2, 0.25) is 0 Å². The number of rotatable bonds is 6. The molecule has 1 aliphatic rings. The SMILES string of the molecule is CCc1ccccc1NC(=O)CN1CCN(C(=O)NCc2ccccc2F)CC1. The quantitative estimate of drug-likeness (QED) is 0.787. The lowest BCUT2D eigenvalue weighted by molar-refractivity contribution is -0.117. The van der Waals surface area contributed by atoms with Crippen molar-refractivity contribution < 1.29 is 14.0 Å². The fraction of sp³-hybridized carbons (Fsp3) is 0.364. The summed E-state index contributed by atoms with van der Waals surface area (Å²) in [7, 11) is 0. The summed E-state index contributed by atoms with van der Waals surface area (Å²) in [6.45, 7) is 4.81. The van der Waals surface area contributed by atoms with Crippen LogP contribution in [0.4, 0.5) is 14.9 Å². The Morgan fingerprint density at radius 1 is 0.966 bits per heavy atom. The van der Waals surface area contributed by atoms with Gasteiger partial charge in [0.2, 0.25) is 5.91 Å². The number of para-hydroxylation sites is 1. The molecule has 3 rings (SSSR count). The number of carbonyl (C=O) groups excluding carboxylic acids is 2. The molecule has 0 spiro atoms. The summed E-state index contributed by atoms with van der Waals surface area (Å²) >= 11 is 0. The van der Waals surface area contributed by atoms with Crippen molar-refractivity contribution in [2.24, 2.45) is 0 Å². The first-order valence-corrected chi connectivity index (χ1v) is 9.93. The summed E-state index contributed by atoms with van der Waals surface area (Å²) < 4.78 is 13.6. The van der Waals surface area contributed by atoms with Crippen molar-refractivity contribution in [3.05, 3.63) is 65.5 Å². The van der Waals surface area contributed by atoms with Crippen molar-refractivity contribution in [1.29, 1.82) is 0 Å². The third kappa shape index (κ3) is 5.77. The summed E-state index contributed by atoms with van der Waals surface area (Å²) in [5.41, 5.74) is 2.42. The van der Waals surface area contributed by atoms with Crippen LogP contribution in [-0.2, 0) is 17.8 Å². The maximum Gasteiger partial charge on any atom is 0.317 e. The second-order valence-electron chi connectivity index (χ2n) is 7.07. The van der Waals surface area contributed by atoms with Gasteiger partial charge in [0.05, 0.1) is 6.54 Å². The number of benzene rings is 2. The van der Waals surface area contributed by atoms with Crippen molar-refractivity contribution in [3.63, 3.8) is 0 Å². The number of halogens is 1. The summed E-state index contributed by atoms with van der Waals surface area (Å²) in [6.07, 6.45) is 0.858. The first-order valence-electron chi connectivity index (χ1n) is 9.93. The Balaban J connectivity index is 1.42. The molecule has 0 aliphatic carbocycles. The van der Waals surface area contributed by atoms with E-state index in [1.54, 1.807) is 23.1 Å². The van der Waals surface area contributed by atoms with Crippen LogP contribution in [-0.4, -0.2) is 54.5 Å². The molecular weight excluding hydrogens is 371 g/mol. The minimum Gasteiger partial charge on any atom is -0.334 e.